The molecule has 2 aromatic rings. The quantitative estimate of drug-likeness (QED) is 0.231. The molecule has 0 radical (unpaired) electrons. The molecule has 4 aliphatic carbocycles. The van der Waals surface area contributed by atoms with Gasteiger partial charge in [-0.05, 0) is 73.8 Å². The molecule has 0 bridgehead atoms. The number of halogens is 1. The predicted molar refractivity (Wildman–Crippen MR) is 210 cm³/mol. The molecule has 310 valence electrons. The molecule has 4 saturated carbocycles. The Morgan fingerprint density at radius 2 is 1.79 bits per heavy atom. The van der Waals surface area contributed by atoms with Crippen molar-refractivity contribution in [2.45, 2.75) is 115 Å². The maximum Gasteiger partial charge on any atom is 0.408 e. The van der Waals surface area contributed by atoms with Crippen molar-refractivity contribution in [1.29, 1.82) is 0 Å². The third kappa shape index (κ3) is 8.50. The van der Waals surface area contributed by atoms with Crippen molar-refractivity contribution in [2.75, 3.05) is 46.0 Å². The van der Waals surface area contributed by atoms with Gasteiger partial charge in [-0.1, -0.05) is 45.7 Å². The van der Waals surface area contributed by atoms with Crippen LogP contribution in [0.5, 0.6) is 11.5 Å². The summed E-state index contributed by atoms with van der Waals surface area (Å²) in [6, 6.07) is 3.53. The lowest BCUT2D eigenvalue weighted by Gasteiger charge is -2.35. The van der Waals surface area contributed by atoms with Gasteiger partial charge in [0, 0.05) is 49.1 Å². The van der Waals surface area contributed by atoms with E-state index in [1.54, 1.807) is 0 Å². The Morgan fingerprint density at radius 3 is 2.44 bits per heavy atom. The lowest BCUT2D eigenvalue weighted by molar-refractivity contribution is -0.146. The van der Waals surface area contributed by atoms with Crippen LogP contribution in [0.25, 0.3) is 10.9 Å². The number of rotatable bonds is 14. The zero-order valence-electron chi connectivity index (χ0n) is 33.4. The Hall–Kier alpha value is -3.88. The number of carbonyl (C=O) groups is 4. The fourth-order valence-electron chi connectivity index (χ4n) is 9.16. The number of carboxylic acid groups (broad SMARTS) is 1. The highest BCUT2D eigenvalue weighted by Crippen LogP contribution is 2.52. The van der Waals surface area contributed by atoms with E-state index in [1.165, 1.54) is 11.3 Å². The summed E-state index contributed by atoms with van der Waals surface area (Å²) < 4.78 is 24.1. The lowest BCUT2D eigenvalue weighted by atomic mass is 9.85. The standard InChI is InChI=1S/C42H56ClN5O9/c1-5-26-21-42(26,39(51)52)46-37(49)31-19-28(22-48(31)38(50)36(41(2,3)4)45-40(53)57-27-17-24-16-25(24)18-27)56-33-20-30(23-6-7-23)44-35-29(33)8-9-32(34(35)43)55-15-12-47-10-13-54-14-11-47/h8-9,20,23-28,31,36H,5-7,10-19,21-22H2,1-4H3,(H,45,53)(H,46,49)(H,51,52)/t24-,25+,26-,27+,28-,31?,36-,42-/m1/s1. The van der Waals surface area contributed by atoms with Gasteiger partial charge in [-0.15, -0.1) is 0 Å². The predicted octanol–water partition coefficient (Wildman–Crippen LogP) is 5.13. The Labute approximate surface area is 338 Å². The number of carbonyl (C=O) groups excluding carboxylic acids is 3. The van der Waals surface area contributed by atoms with Crippen LogP contribution in [0.4, 0.5) is 4.79 Å². The number of ether oxygens (including phenoxy) is 4. The topological polar surface area (TPSA) is 169 Å². The van der Waals surface area contributed by atoms with Crippen molar-refractivity contribution < 1.29 is 43.2 Å². The molecular weight excluding hydrogens is 754 g/mol. The van der Waals surface area contributed by atoms with Gasteiger partial charge < -0.3 is 39.6 Å². The molecule has 2 saturated heterocycles. The van der Waals surface area contributed by atoms with E-state index in [0.717, 1.165) is 51.0 Å². The number of amides is 3. The highest BCUT2D eigenvalue weighted by Gasteiger charge is 2.61. The van der Waals surface area contributed by atoms with E-state index in [2.05, 4.69) is 15.5 Å². The molecule has 3 N–H and O–H groups in total. The molecule has 8 atom stereocenters. The van der Waals surface area contributed by atoms with E-state index in [1.807, 2.05) is 45.9 Å². The number of morpholine rings is 1. The second-order valence-corrected chi connectivity index (χ2v) is 18.5. The van der Waals surface area contributed by atoms with Crippen LogP contribution in [0.1, 0.15) is 90.7 Å². The van der Waals surface area contributed by atoms with Gasteiger partial charge in [-0.3, -0.25) is 19.5 Å². The number of likely N-dealkylation sites (tertiary alicyclic amines) is 1. The second kappa shape index (κ2) is 15.7. The van der Waals surface area contributed by atoms with Gasteiger partial charge in [0.05, 0.1) is 25.3 Å². The summed E-state index contributed by atoms with van der Waals surface area (Å²) in [7, 11) is 0. The second-order valence-electron chi connectivity index (χ2n) is 18.2. The molecule has 0 spiro atoms. The van der Waals surface area contributed by atoms with Crippen molar-refractivity contribution in [3.8, 4) is 11.5 Å². The van der Waals surface area contributed by atoms with Crippen LogP contribution >= 0.6 is 11.6 Å². The van der Waals surface area contributed by atoms with Gasteiger partial charge in [0.25, 0.3) is 0 Å². The van der Waals surface area contributed by atoms with Crippen LogP contribution < -0.4 is 20.1 Å². The number of hydrogen-bond acceptors (Lipinski definition) is 10. The Kier molecular flexibility index (Phi) is 11.0. The normalized spacial score (nSPS) is 30.0. The third-order valence-electron chi connectivity index (χ3n) is 12.9. The molecule has 1 aromatic heterocycles. The van der Waals surface area contributed by atoms with E-state index >= 15 is 0 Å². The summed E-state index contributed by atoms with van der Waals surface area (Å²) in [4.78, 5) is 63.2. The maximum atomic E-state index is 14.7. The maximum absolute atomic E-state index is 14.7. The number of nitrogens with one attached hydrogen (secondary N) is 2. The number of nitrogens with zero attached hydrogens (tertiary/aromatic N) is 3. The zero-order valence-corrected chi connectivity index (χ0v) is 34.1. The average Bonchev–Trinajstić information content (AvgIpc) is 4.14. The van der Waals surface area contributed by atoms with Crippen LogP contribution in [0.2, 0.25) is 5.02 Å². The Bertz CT molecular complexity index is 1890. The summed E-state index contributed by atoms with van der Waals surface area (Å²) in [6.07, 6.45) is 4.38. The first-order chi connectivity index (χ1) is 27.2. The number of carboxylic acids is 1. The molecule has 15 heteroatoms. The van der Waals surface area contributed by atoms with Crippen LogP contribution in [0.3, 0.4) is 0 Å². The number of benzene rings is 1. The largest absolute Gasteiger partial charge is 0.491 e. The molecule has 1 aromatic carbocycles. The summed E-state index contributed by atoms with van der Waals surface area (Å²) in [6.45, 7) is 11.8. The first-order valence-electron chi connectivity index (χ1n) is 20.8. The molecule has 6 aliphatic rings. The number of alkyl carbamates (subject to hydrolysis) is 1. The van der Waals surface area contributed by atoms with Crippen LogP contribution in [-0.2, 0) is 23.9 Å². The first kappa shape index (κ1) is 39.9. The number of aliphatic carboxylic acids is 1. The highest BCUT2D eigenvalue weighted by molar-refractivity contribution is 6.36. The summed E-state index contributed by atoms with van der Waals surface area (Å²) in [5, 5.41) is 16.9. The van der Waals surface area contributed by atoms with Gasteiger partial charge >= 0.3 is 12.1 Å². The number of fused-ring (bicyclic) bond motifs is 2. The minimum atomic E-state index is -1.38. The van der Waals surface area contributed by atoms with Gasteiger partial charge in [0.2, 0.25) is 11.8 Å². The molecule has 3 heterocycles. The van der Waals surface area contributed by atoms with Crippen LogP contribution in [0, 0.1) is 23.2 Å². The first-order valence-corrected chi connectivity index (χ1v) is 21.2. The molecule has 8 rings (SSSR count). The molecule has 14 nitrogen and oxygen atoms in total. The molecule has 3 amide bonds. The van der Waals surface area contributed by atoms with E-state index < -0.39 is 53.0 Å². The average molecular weight is 810 g/mol. The molecule has 1 unspecified atom stereocenters. The number of pyridine rings is 1. The minimum absolute atomic E-state index is 0.0303. The van der Waals surface area contributed by atoms with Gasteiger partial charge in [0.1, 0.15) is 53.0 Å². The molecular formula is C42H56ClN5O9. The Balaban J connectivity index is 1.04. The third-order valence-corrected chi connectivity index (χ3v) is 13.3. The SMILES string of the molecule is CC[C@@H]1C[C@]1(NC(=O)C1C[C@@H](Oc2cc(C3CC3)nc3c(Cl)c(OCCN4CCOCC4)ccc23)CN1C(=O)[C@@H](NC(=O)O[C@@H]1C[C@@H]2C[C@@H]2C1)C(C)(C)C)C(=O)O. The minimum Gasteiger partial charge on any atom is -0.491 e. The monoisotopic (exact) mass is 809 g/mol. The summed E-state index contributed by atoms with van der Waals surface area (Å²) in [5.74, 6) is 0.230. The molecule has 6 fully saturated rings. The zero-order chi connectivity index (χ0) is 40.2. The van der Waals surface area contributed by atoms with Crippen molar-refractivity contribution in [2.24, 2.45) is 23.2 Å². The van der Waals surface area contributed by atoms with Crippen molar-refractivity contribution in [3.63, 3.8) is 0 Å². The van der Waals surface area contributed by atoms with Crippen molar-refractivity contribution >= 4 is 46.4 Å². The number of hydrogen-bond donors (Lipinski definition) is 3. The lowest BCUT2D eigenvalue weighted by Crippen LogP contribution is -2.59. The van der Waals surface area contributed by atoms with Gasteiger partial charge in [-0.2, -0.15) is 0 Å². The van der Waals surface area contributed by atoms with Crippen molar-refractivity contribution in [3.05, 3.63) is 28.9 Å². The molecule has 2 aliphatic heterocycles. The fourth-order valence-corrected chi connectivity index (χ4v) is 9.42. The van der Waals surface area contributed by atoms with Crippen LogP contribution in [0.15, 0.2) is 18.2 Å². The summed E-state index contributed by atoms with van der Waals surface area (Å²) >= 11 is 7.00. The Morgan fingerprint density at radius 1 is 1.05 bits per heavy atom. The highest BCUT2D eigenvalue weighted by atomic mass is 35.5. The smallest absolute Gasteiger partial charge is 0.408 e. The van der Waals surface area contributed by atoms with Gasteiger partial charge in [0.15, 0.2) is 0 Å². The van der Waals surface area contributed by atoms with Crippen molar-refractivity contribution in [1.82, 2.24) is 25.4 Å². The van der Waals surface area contributed by atoms with Gasteiger partial charge in [-0.25, -0.2) is 9.59 Å². The van der Waals surface area contributed by atoms with Crippen LogP contribution in [-0.4, -0.2) is 120 Å². The number of aromatic nitrogens is 1. The van der Waals surface area contributed by atoms with E-state index in [4.69, 9.17) is 35.5 Å². The van der Waals surface area contributed by atoms with E-state index in [0.29, 0.717) is 71.9 Å². The fraction of sp³-hybridized carbons (Fsp3) is 0.690. The van der Waals surface area contributed by atoms with E-state index in [-0.39, 0.29) is 30.9 Å². The van der Waals surface area contributed by atoms with E-state index in [9.17, 15) is 24.3 Å². The summed E-state index contributed by atoms with van der Waals surface area (Å²) in [5.41, 5.74) is -0.730. The molecule has 57 heavy (non-hydrogen) atoms.